The summed E-state index contributed by atoms with van der Waals surface area (Å²) in [4.78, 5) is 33.1. The van der Waals surface area contributed by atoms with Crippen LogP contribution in [0.3, 0.4) is 0 Å². The minimum Gasteiger partial charge on any atom is -0.494 e. The topological polar surface area (TPSA) is 88.1 Å². The zero-order valence-electron chi connectivity index (χ0n) is 34.5. The van der Waals surface area contributed by atoms with E-state index in [-0.39, 0.29) is 48.6 Å². The van der Waals surface area contributed by atoms with Crippen molar-refractivity contribution in [3.63, 3.8) is 0 Å². The van der Waals surface area contributed by atoms with Crippen molar-refractivity contribution in [2.45, 2.75) is 65.2 Å². The number of esters is 2. The van der Waals surface area contributed by atoms with E-state index in [1.165, 1.54) is 12.1 Å². The molecule has 5 aromatic rings. The fraction of sp³-hybridized carbons (Fsp3) is 0.275. The van der Waals surface area contributed by atoms with Gasteiger partial charge in [0.2, 0.25) is 0 Å². The normalized spacial score (nSPS) is 10.1. The van der Waals surface area contributed by atoms with Gasteiger partial charge in [-0.25, -0.2) is 14.0 Å². The summed E-state index contributed by atoms with van der Waals surface area (Å²) >= 11 is 0. The molecule has 5 rings (SSSR count). The Morgan fingerprint density at radius 3 is 1.70 bits per heavy atom. The molecule has 0 radical (unpaired) electrons. The number of fused-ring (bicyclic) bond motifs is 1. The second-order valence-corrected chi connectivity index (χ2v) is 13.9. The van der Waals surface area contributed by atoms with Crippen LogP contribution in [-0.2, 0) is 23.9 Å². The van der Waals surface area contributed by atoms with Gasteiger partial charge in [-0.05, 0) is 124 Å². The predicted octanol–water partition coefficient (Wildman–Crippen LogP) is 11.1. The first-order valence-electron chi connectivity index (χ1n) is 19.8. The van der Waals surface area contributed by atoms with Crippen LogP contribution in [0.2, 0.25) is 0 Å². The van der Waals surface area contributed by atoms with Gasteiger partial charge in [0.05, 0.1) is 38.5 Å². The van der Waals surface area contributed by atoms with Gasteiger partial charge in [-0.2, -0.15) is 36.4 Å². The molecule has 7 nitrogen and oxygen atoms in total. The van der Waals surface area contributed by atoms with Gasteiger partial charge < -0.3 is 23.7 Å². The predicted molar refractivity (Wildman–Crippen MR) is 231 cm³/mol. The molecule has 0 saturated heterocycles. The van der Waals surface area contributed by atoms with Crippen LogP contribution in [0.25, 0.3) is 21.9 Å². The van der Waals surface area contributed by atoms with Gasteiger partial charge in [0.1, 0.15) is 11.5 Å². The van der Waals surface area contributed by atoms with Gasteiger partial charge in [-0.1, -0.05) is 54.8 Å². The zero-order valence-corrected chi connectivity index (χ0v) is 38.6. The number of halogens is 1. The van der Waals surface area contributed by atoms with Gasteiger partial charge in [0.25, 0.3) is 0 Å². The summed E-state index contributed by atoms with van der Waals surface area (Å²) in [5, 5.41) is 2.28. The van der Waals surface area contributed by atoms with E-state index in [4.69, 9.17) is 18.9 Å². The molecule has 0 aliphatic heterocycles. The molecule has 308 valence electrons. The Bertz CT molecular complexity index is 2220. The van der Waals surface area contributed by atoms with E-state index in [0.29, 0.717) is 48.7 Å². The van der Waals surface area contributed by atoms with Gasteiger partial charge in [-0.15, -0.1) is 17.7 Å². The summed E-state index contributed by atoms with van der Waals surface area (Å²) in [5.41, 5.74) is 4.16. The molecule has 0 spiro atoms. The largest absolute Gasteiger partial charge is 2.00 e. The van der Waals surface area contributed by atoms with E-state index in [2.05, 4.69) is 55.3 Å². The molecule has 0 aliphatic rings. The Labute approximate surface area is 377 Å². The number of unbranched alkanes of at least 4 members (excludes halogenated alkanes) is 6. The third-order valence-corrected chi connectivity index (χ3v) is 8.91. The van der Waals surface area contributed by atoms with Gasteiger partial charge in [-0.3, -0.25) is 0 Å². The van der Waals surface area contributed by atoms with Crippen LogP contribution in [0.5, 0.6) is 11.5 Å². The fourth-order valence-electron chi connectivity index (χ4n) is 5.62. The van der Waals surface area contributed by atoms with Crippen molar-refractivity contribution < 1.29 is 68.8 Å². The summed E-state index contributed by atoms with van der Waals surface area (Å²) in [6.45, 7) is 12.5. The smallest absolute Gasteiger partial charge is 0.494 e. The average Bonchev–Trinajstić information content (AvgIpc) is 3.25. The standard InChI is InChI=1S/C28H27O3.C23H24FO4.U/c1-22(2)28(29)31-19-9-4-3-8-18-30-27-17-16-25-20-24(14-15-26(25)21-27)13-12-23-10-6-5-7-11-23;1-17(2)23(26)28-14-6-4-3-5-13-27-20-10-8-19(9-11-20)21-12-7-18(16-25)15-22(21)24;/h6-7,10-11,14-17,20-21H,1,3-4,8-9,18-19H2,2H3;7-12,15H,1,3-6,13-14H2,2H3;/q2*-1;+2. The number of benzene rings is 5. The molecule has 0 saturated carbocycles. The molecular weight excluding hydrogens is 982 g/mol. The van der Waals surface area contributed by atoms with E-state index in [1.807, 2.05) is 36.4 Å². The van der Waals surface area contributed by atoms with Crippen molar-refractivity contribution in [1.29, 1.82) is 0 Å². The monoisotopic (exact) mass is 1030 g/mol. The van der Waals surface area contributed by atoms with Crippen LogP contribution in [0.1, 0.15) is 81.9 Å². The molecule has 5 aromatic carbocycles. The molecule has 0 fully saturated rings. The first-order chi connectivity index (χ1) is 28.6. The summed E-state index contributed by atoms with van der Waals surface area (Å²) in [6.07, 6.45) is 9.21. The van der Waals surface area contributed by atoms with Crippen molar-refractivity contribution in [2.75, 3.05) is 26.4 Å². The molecule has 0 aromatic heterocycles. The maximum atomic E-state index is 14.0. The number of carbonyl (C=O) groups excluding carboxylic acids is 3. The minimum absolute atomic E-state index is 0. The van der Waals surface area contributed by atoms with E-state index in [9.17, 15) is 18.8 Å². The molecule has 0 atom stereocenters. The molecule has 60 heavy (non-hydrogen) atoms. The number of hydrogen-bond acceptors (Lipinski definition) is 7. The number of ether oxygens (including phenoxy) is 4. The average molecular weight is 1030 g/mol. The third-order valence-electron chi connectivity index (χ3n) is 8.91. The second kappa shape index (κ2) is 27.4. The van der Waals surface area contributed by atoms with E-state index >= 15 is 0 Å². The van der Waals surface area contributed by atoms with E-state index < -0.39 is 5.82 Å². The Balaban J connectivity index is 0.000000317. The maximum Gasteiger partial charge on any atom is 2.00 e. The van der Waals surface area contributed by atoms with Crippen LogP contribution in [0, 0.1) is 54.8 Å². The van der Waals surface area contributed by atoms with Crippen LogP contribution in [0.15, 0.2) is 127 Å². The minimum atomic E-state index is -0.455. The Morgan fingerprint density at radius 1 is 0.617 bits per heavy atom. The molecule has 0 N–H and O–H groups in total. The summed E-state index contributed by atoms with van der Waals surface area (Å²) < 4.78 is 35.8. The SMILES string of the molecule is C=C(C)C(=O)OCCCCCCOc1ccc(-c2ccc([C-]=O)cc2F)cc1.C=C(C)C(=O)OCCCCCCOc1ccc2cc(C#Cc3cc[c-]cc3)ccc2c1.[U+2]. The van der Waals surface area contributed by atoms with Gasteiger partial charge >= 0.3 is 43.1 Å². The van der Waals surface area contributed by atoms with Crippen LogP contribution in [0.4, 0.5) is 4.39 Å². The Kier molecular flexibility index (Phi) is 22.3. The molecule has 0 aliphatic carbocycles. The molecule has 0 bridgehead atoms. The van der Waals surface area contributed by atoms with Gasteiger partial charge in [0, 0.05) is 16.7 Å². The first kappa shape index (κ1) is 49.0. The number of carbonyl (C=O) groups is 2. The van der Waals surface area contributed by atoms with Crippen molar-refractivity contribution in [3.05, 3.63) is 156 Å². The molecule has 0 heterocycles. The van der Waals surface area contributed by atoms with Crippen molar-refractivity contribution in [3.8, 4) is 34.5 Å². The third kappa shape index (κ3) is 17.8. The maximum absolute atomic E-state index is 14.0. The summed E-state index contributed by atoms with van der Waals surface area (Å²) in [7, 11) is 0. The van der Waals surface area contributed by atoms with Crippen molar-refractivity contribution >= 4 is 29.0 Å². The van der Waals surface area contributed by atoms with Crippen LogP contribution >= 0.6 is 0 Å². The first-order valence-corrected chi connectivity index (χ1v) is 19.8. The van der Waals surface area contributed by atoms with Crippen molar-refractivity contribution in [1.82, 2.24) is 0 Å². The Hall–Kier alpha value is -5.41. The number of rotatable bonds is 20. The zero-order chi connectivity index (χ0) is 42.2. The van der Waals surface area contributed by atoms with Crippen LogP contribution < -0.4 is 9.47 Å². The van der Waals surface area contributed by atoms with Crippen LogP contribution in [-0.4, -0.2) is 44.7 Å². The van der Waals surface area contributed by atoms with Crippen molar-refractivity contribution in [2.24, 2.45) is 0 Å². The molecule has 0 amide bonds. The molecular formula is C51H51FO7U. The summed E-state index contributed by atoms with van der Waals surface area (Å²) in [5.74, 6) is 6.88. The van der Waals surface area contributed by atoms with E-state index in [1.54, 1.807) is 50.5 Å². The Morgan fingerprint density at radius 2 is 1.13 bits per heavy atom. The van der Waals surface area contributed by atoms with Gasteiger partial charge in [0.15, 0.2) is 0 Å². The fourth-order valence-corrected chi connectivity index (χ4v) is 5.62. The number of hydrogen-bond donors (Lipinski definition) is 0. The quantitative estimate of drug-likeness (QED) is 0.0252. The second-order valence-electron chi connectivity index (χ2n) is 13.9. The molecule has 0 unspecified atom stereocenters. The molecule has 9 heteroatoms. The van der Waals surface area contributed by atoms with E-state index in [0.717, 1.165) is 84.8 Å². The summed E-state index contributed by atoms with van der Waals surface area (Å²) in [6, 6.07) is 34.4.